The van der Waals surface area contributed by atoms with E-state index in [-0.39, 0.29) is 17.5 Å². The molecule has 2 heterocycles. The van der Waals surface area contributed by atoms with E-state index >= 15 is 0 Å². The Morgan fingerprint density at radius 2 is 2.07 bits per heavy atom. The third-order valence-corrected chi connectivity index (χ3v) is 5.59. The highest BCUT2D eigenvalue weighted by molar-refractivity contribution is 7.99. The number of rotatable bonds is 5. The predicted molar refractivity (Wildman–Crippen MR) is 106 cm³/mol. The molecule has 1 aliphatic heterocycles. The minimum atomic E-state index is -0.350. The van der Waals surface area contributed by atoms with Crippen LogP contribution in [0, 0.1) is 5.82 Å². The molecule has 0 bridgehead atoms. The van der Waals surface area contributed by atoms with Gasteiger partial charge in [-0.2, -0.15) is 0 Å². The number of hydrogen-bond donors (Lipinski definition) is 0. The van der Waals surface area contributed by atoms with Gasteiger partial charge in [-0.1, -0.05) is 23.9 Å². The van der Waals surface area contributed by atoms with Crippen LogP contribution in [-0.2, 0) is 11.2 Å². The van der Waals surface area contributed by atoms with Crippen molar-refractivity contribution in [1.82, 2.24) is 14.8 Å². The van der Waals surface area contributed by atoms with Crippen molar-refractivity contribution in [2.24, 2.45) is 0 Å². The van der Waals surface area contributed by atoms with Gasteiger partial charge in [0.05, 0.1) is 18.6 Å². The summed E-state index contributed by atoms with van der Waals surface area (Å²) in [5.41, 5.74) is 2.16. The summed E-state index contributed by atoms with van der Waals surface area (Å²) in [6, 6.07) is 12.5. The number of aryl methyl sites for hydroxylation is 1. The number of aromatic nitrogens is 3. The number of thioether (sulfide) groups is 1. The lowest BCUT2D eigenvalue weighted by molar-refractivity contribution is -0.116. The Bertz CT molecular complexity index is 990. The fourth-order valence-electron chi connectivity index (χ4n) is 3.30. The molecule has 3 aromatic rings. The Morgan fingerprint density at radius 1 is 1.25 bits per heavy atom. The monoisotopic (exact) mass is 398 g/mol. The molecular weight excluding hydrogens is 379 g/mol. The second-order valence-corrected chi connectivity index (χ2v) is 7.31. The van der Waals surface area contributed by atoms with E-state index in [0.717, 1.165) is 29.8 Å². The maximum Gasteiger partial charge on any atom is 0.237 e. The number of amides is 1. The third-order valence-electron chi connectivity index (χ3n) is 4.66. The van der Waals surface area contributed by atoms with Crippen LogP contribution in [0.4, 0.5) is 10.1 Å². The van der Waals surface area contributed by atoms with Crippen LogP contribution >= 0.6 is 11.8 Å². The molecule has 0 unspecified atom stereocenters. The number of halogens is 1. The van der Waals surface area contributed by atoms with Crippen LogP contribution < -0.4 is 9.64 Å². The summed E-state index contributed by atoms with van der Waals surface area (Å²) < 4.78 is 21.3. The van der Waals surface area contributed by atoms with Crippen LogP contribution in [-0.4, -0.2) is 40.1 Å². The van der Waals surface area contributed by atoms with Crippen LogP contribution in [0.1, 0.15) is 12.0 Å². The van der Waals surface area contributed by atoms with Gasteiger partial charge in [0.15, 0.2) is 5.16 Å². The molecule has 0 N–H and O–H groups in total. The molecule has 28 heavy (non-hydrogen) atoms. The molecule has 6 nitrogen and oxygen atoms in total. The number of hydrogen-bond acceptors (Lipinski definition) is 5. The van der Waals surface area contributed by atoms with Gasteiger partial charge in [0, 0.05) is 12.2 Å². The highest BCUT2D eigenvalue weighted by atomic mass is 32.2. The average molecular weight is 398 g/mol. The van der Waals surface area contributed by atoms with Crippen molar-refractivity contribution in [1.29, 1.82) is 0 Å². The molecule has 1 amide bonds. The first-order chi connectivity index (χ1) is 13.7. The lowest BCUT2D eigenvalue weighted by atomic mass is 10.0. The number of nitrogens with zero attached hydrogens (tertiary/aromatic N) is 4. The van der Waals surface area contributed by atoms with Crippen LogP contribution in [0.25, 0.3) is 5.69 Å². The summed E-state index contributed by atoms with van der Waals surface area (Å²) in [5, 5.41) is 8.67. The van der Waals surface area contributed by atoms with Crippen molar-refractivity contribution in [3.05, 3.63) is 60.2 Å². The molecule has 0 aliphatic carbocycles. The Kier molecular flexibility index (Phi) is 5.29. The fraction of sp³-hybridized carbons (Fsp3) is 0.250. The number of carbonyl (C=O) groups excluding carboxylic acids is 1. The van der Waals surface area contributed by atoms with Crippen molar-refractivity contribution >= 4 is 23.4 Å². The number of benzene rings is 2. The van der Waals surface area contributed by atoms with Crippen LogP contribution in [0.2, 0.25) is 0 Å². The van der Waals surface area contributed by atoms with E-state index < -0.39 is 0 Å². The largest absolute Gasteiger partial charge is 0.497 e. The van der Waals surface area contributed by atoms with Gasteiger partial charge < -0.3 is 9.64 Å². The predicted octanol–water partition coefficient (Wildman–Crippen LogP) is 3.49. The normalized spacial score (nSPS) is 13.3. The molecule has 2 aromatic carbocycles. The molecule has 144 valence electrons. The highest BCUT2D eigenvalue weighted by Crippen LogP contribution is 2.31. The smallest absolute Gasteiger partial charge is 0.237 e. The van der Waals surface area contributed by atoms with Gasteiger partial charge in [0.2, 0.25) is 5.91 Å². The Balaban J connectivity index is 1.49. The third kappa shape index (κ3) is 3.60. The number of fused-ring (bicyclic) bond motifs is 1. The van der Waals surface area contributed by atoms with Gasteiger partial charge in [-0.3, -0.25) is 9.36 Å². The minimum Gasteiger partial charge on any atom is -0.497 e. The van der Waals surface area contributed by atoms with Gasteiger partial charge in [-0.25, -0.2) is 4.39 Å². The van der Waals surface area contributed by atoms with E-state index in [9.17, 15) is 9.18 Å². The standard InChI is InChI=1S/C20H19FN4O2S/c1-27-16-9-7-15(8-10-16)25-13-22-23-20(25)28-12-18(26)24-11-3-5-14-4-2-6-17(21)19(14)24/h2,4,6-10,13H,3,5,11-12H2,1H3. The van der Waals surface area contributed by atoms with Crippen molar-refractivity contribution < 1.29 is 13.9 Å². The first kappa shape index (κ1) is 18.5. The lowest BCUT2D eigenvalue weighted by Gasteiger charge is -2.29. The number of para-hydroxylation sites is 1. The van der Waals surface area contributed by atoms with E-state index in [1.807, 2.05) is 34.9 Å². The second-order valence-electron chi connectivity index (χ2n) is 6.37. The molecule has 0 saturated heterocycles. The number of methoxy groups -OCH3 is 1. The molecule has 1 aliphatic rings. The zero-order valence-corrected chi connectivity index (χ0v) is 16.2. The molecule has 0 spiro atoms. The summed E-state index contributed by atoms with van der Waals surface area (Å²) in [5.74, 6) is 0.423. The number of anilines is 1. The Hall–Kier alpha value is -2.87. The van der Waals surface area contributed by atoms with Crippen LogP contribution in [0.3, 0.4) is 0 Å². The Labute approximate surface area is 166 Å². The summed E-state index contributed by atoms with van der Waals surface area (Å²) in [6.07, 6.45) is 3.22. The molecule has 0 saturated carbocycles. The van der Waals surface area contributed by atoms with Crippen molar-refractivity contribution in [3.8, 4) is 11.4 Å². The van der Waals surface area contributed by atoms with E-state index in [2.05, 4.69) is 10.2 Å². The molecule has 1 aromatic heterocycles. The minimum absolute atomic E-state index is 0.139. The summed E-state index contributed by atoms with van der Waals surface area (Å²) in [7, 11) is 1.61. The second kappa shape index (κ2) is 8.02. The maximum absolute atomic E-state index is 14.3. The van der Waals surface area contributed by atoms with E-state index in [4.69, 9.17) is 4.74 Å². The Morgan fingerprint density at radius 3 is 2.86 bits per heavy atom. The molecular formula is C20H19FN4O2S. The van der Waals surface area contributed by atoms with Gasteiger partial charge in [0.1, 0.15) is 17.9 Å². The lowest BCUT2D eigenvalue weighted by Crippen LogP contribution is -2.37. The average Bonchev–Trinajstić information content (AvgIpc) is 3.20. The summed E-state index contributed by atoms with van der Waals surface area (Å²) >= 11 is 1.29. The van der Waals surface area contributed by atoms with Crippen molar-refractivity contribution in [2.45, 2.75) is 18.0 Å². The summed E-state index contributed by atoms with van der Waals surface area (Å²) in [6.45, 7) is 0.526. The first-order valence-electron chi connectivity index (χ1n) is 8.92. The molecule has 8 heteroatoms. The van der Waals surface area contributed by atoms with E-state index in [1.165, 1.54) is 17.8 Å². The van der Waals surface area contributed by atoms with Crippen molar-refractivity contribution in [3.63, 3.8) is 0 Å². The topological polar surface area (TPSA) is 60.2 Å². The first-order valence-corrected chi connectivity index (χ1v) is 9.91. The van der Waals surface area contributed by atoms with Gasteiger partial charge in [-0.15, -0.1) is 10.2 Å². The number of ether oxygens (including phenoxy) is 1. The SMILES string of the molecule is COc1ccc(-n2cnnc2SCC(=O)N2CCCc3cccc(F)c32)cc1. The maximum atomic E-state index is 14.3. The fourth-order valence-corrected chi connectivity index (χ4v) is 4.10. The zero-order chi connectivity index (χ0) is 19.5. The summed E-state index contributed by atoms with van der Waals surface area (Å²) in [4.78, 5) is 14.4. The van der Waals surface area contributed by atoms with Crippen molar-refractivity contribution in [2.75, 3.05) is 24.3 Å². The number of carbonyl (C=O) groups is 1. The van der Waals surface area contributed by atoms with Crippen LogP contribution in [0.15, 0.2) is 53.9 Å². The quantitative estimate of drug-likeness (QED) is 0.616. The van der Waals surface area contributed by atoms with E-state index in [1.54, 1.807) is 24.4 Å². The van der Waals surface area contributed by atoms with E-state index in [0.29, 0.717) is 17.4 Å². The van der Waals surface area contributed by atoms with Gasteiger partial charge >= 0.3 is 0 Å². The molecule has 0 radical (unpaired) electrons. The van der Waals surface area contributed by atoms with Crippen LogP contribution in [0.5, 0.6) is 5.75 Å². The van der Waals surface area contributed by atoms with Gasteiger partial charge in [-0.05, 0) is 48.7 Å². The molecule has 0 atom stereocenters. The zero-order valence-electron chi connectivity index (χ0n) is 15.3. The van der Waals surface area contributed by atoms with Gasteiger partial charge in [0.25, 0.3) is 0 Å². The highest BCUT2D eigenvalue weighted by Gasteiger charge is 2.26. The molecule has 0 fully saturated rings. The molecule has 4 rings (SSSR count).